The molecule has 0 saturated carbocycles. The van der Waals surface area contributed by atoms with E-state index in [-0.39, 0.29) is 48.4 Å². The first kappa shape index (κ1) is 21.9. The second kappa shape index (κ2) is 9.32. The van der Waals surface area contributed by atoms with Gasteiger partial charge in [0.05, 0.1) is 22.1 Å². The highest BCUT2D eigenvalue weighted by molar-refractivity contribution is 7.99. The molecule has 0 N–H and O–H groups in total. The van der Waals surface area contributed by atoms with Crippen molar-refractivity contribution < 1.29 is 18.1 Å². The lowest BCUT2D eigenvalue weighted by Crippen LogP contribution is -2.51. The summed E-state index contributed by atoms with van der Waals surface area (Å²) in [5, 5.41) is 22.6. The molecule has 3 rings (SSSR count). The molecule has 1 aromatic carbocycles. The number of nitro benzene ring substituents is 1. The van der Waals surface area contributed by atoms with Gasteiger partial charge >= 0.3 is 0 Å². The molecule has 1 aliphatic heterocycles. The first-order valence-corrected chi connectivity index (χ1v) is 11.3. The highest BCUT2D eigenvalue weighted by Gasteiger charge is 2.31. The summed E-state index contributed by atoms with van der Waals surface area (Å²) in [7, 11) is -3.88. The number of thioether (sulfide) groups is 1. The van der Waals surface area contributed by atoms with Crippen LogP contribution in [-0.2, 0) is 21.4 Å². The molecule has 1 amide bonds. The van der Waals surface area contributed by atoms with Crippen LogP contribution in [0.5, 0.6) is 0 Å². The summed E-state index contributed by atoms with van der Waals surface area (Å²) in [6.45, 7) is 4.72. The highest BCUT2D eigenvalue weighted by atomic mass is 32.2. The second-order valence-corrected chi connectivity index (χ2v) is 9.14. The molecule has 1 aliphatic rings. The number of allylic oxidation sites excluding steroid dienone is 1. The Kier molecular flexibility index (Phi) is 6.79. The zero-order valence-corrected chi connectivity index (χ0v) is 17.5. The standard InChI is InChI=1S/C16H19N7O5S2/c1-2-6-22-16(17-18-19-22)29-12-15(24)20-7-9-21(10-8-20)30(27,28)14-5-3-4-13(11-14)23(25)26/h2-5,11H,1,6-10,12H2. The molecule has 0 spiro atoms. The number of hydrogen-bond donors (Lipinski definition) is 0. The van der Waals surface area contributed by atoms with E-state index < -0.39 is 14.9 Å². The Bertz CT molecular complexity index is 1050. The minimum atomic E-state index is -3.88. The number of tetrazole rings is 1. The van der Waals surface area contributed by atoms with E-state index in [4.69, 9.17) is 0 Å². The molecule has 2 aromatic rings. The van der Waals surface area contributed by atoms with E-state index in [0.717, 1.165) is 6.07 Å². The molecular weight excluding hydrogens is 434 g/mol. The minimum Gasteiger partial charge on any atom is -0.339 e. The molecule has 14 heteroatoms. The topological polar surface area (TPSA) is 144 Å². The Hall–Kier alpha value is -2.84. The Morgan fingerprint density at radius 1 is 1.30 bits per heavy atom. The van der Waals surface area contributed by atoms with E-state index in [0.29, 0.717) is 11.7 Å². The van der Waals surface area contributed by atoms with Crippen LogP contribution in [-0.4, -0.2) is 80.6 Å². The van der Waals surface area contributed by atoms with Crippen molar-refractivity contribution in [2.24, 2.45) is 0 Å². The number of nitrogens with zero attached hydrogens (tertiary/aromatic N) is 7. The molecule has 0 aliphatic carbocycles. The molecule has 1 saturated heterocycles. The molecule has 30 heavy (non-hydrogen) atoms. The fourth-order valence-electron chi connectivity index (χ4n) is 2.84. The van der Waals surface area contributed by atoms with Crippen LogP contribution in [0.2, 0.25) is 0 Å². The van der Waals surface area contributed by atoms with Gasteiger partial charge in [0.2, 0.25) is 21.1 Å². The molecule has 12 nitrogen and oxygen atoms in total. The summed E-state index contributed by atoms with van der Waals surface area (Å²) in [5.41, 5.74) is -0.291. The zero-order valence-electron chi connectivity index (χ0n) is 15.8. The summed E-state index contributed by atoms with van der Waals surface area (Å²) in [5.74, 6) is -0.0321. The van der Waals surface area contributed by atoms with E-state index in [2.05, 4.69) is 22.1 Å². The molecule has 0 bridgehead atoms. The molecule has 0 unspecified atom stereocenters. The Morgan fingerprint density at radius 2 is 2.03 bits per heavy atom. The maximum absolute atomic E-state index is 12.8. The van der Waals surface area contributed by atoms with Crippen LogP contribution in [0, 0.1) is 10.1 Å². The van der Waals surface area contributed by atoms with Gasteiger partial charge in [-0.1, -0.05) is 23.9 Å². The van der Waals surface area contributed by atoms with Gasteiger partial charge in [-0.05, 0) is 16.5 Å². The predicted octanol–water partition coefficient (Wildman–Crippen LogP) is 0.393. The van der Waals surface area contributed by atoms with Gasteiger partial charge in [-0.2, -0.15) is 4.31 Å². The fourth-order valence-corrected chi connectivity index (χ4v) is 5.09. The molecule has 160 valence electrons. The third kappa shape index (κ3) is 4.83. The molecule has 1 aromatic heterocycles. The number of rotatable bonds is 8. The van der Waals surface area contributed by atoms with Gasteiger partial charge in [0, 0.05) is 38.3 Å². The quantitative estimate of drug-likeness (QED) is 0.240. The maximum atomic E-state index is 12.8. The summed E-state index contributed by atoms with van der Waals surface area (Å²) in [6.07, 6.45) is 1.64. The van der Waals surface area contributed by atoms with Gasteiger partial charge < -0.3 is 4.90 Å². The molecular formula is C16H19N7O5S2. The smallest absolute Gasteiger partial charge is 0.270 e. The molecule has 2 heterocycles. The lowest BCUT2D eigenvalue weighted by molar-refractivity contribution is -0.385. The van der Waals surface area contributed by atoms with Crippen molar-refractivity contribution in [3.05, 3.63) is 47.0 Å². The predicted molar refractivity (Wildman–Crippen MR) is 107 cm³/mol. The Morgan fingerprint density at radius 3 is 2.70 bits per heavy atom. The summed E-state index contributed by atoms with van der Waals surface area (Å²) < 4.78 is 28.3. The number of nitro groups is 1. The highest BCUT2D eigenvalue weighted by Crippen LogP contribution is 2.22. The number of aromatic nitrogens is 4. The van der Waals surface area contributed by atoms with Gasteiger partial charge in [0.15, 0.2) is 0 Å². The van der Waals surface area contributed by atoms with Gasteiger partial charge in [-0.25, -0.2) is 13.1 Å². The second-order valence-electron chi connectivity index (χ2n) is 6.26. The van der Waals surface area contributed by atoms with E-state index in [1.807, 2.05) is 0 Å². The number of sulfonamides is 1. The van der Waals surface area contributed by atoms with Gasteiger partial charge in [-0.15, -0.1) is 11.7 Å². The first-order valence-electron chi connectivity index (χ1n) is 8.85. The van der Waals surface area contributed by atoms with Crippen LogP contribution in [0.15, 0.2) is 47.0 Å². The van der Waals surface area contributed by atoms with Gasteiger partial charge in [0.25, 0.3) is 5.69 Å². The largest absolute Gasteiger partial charge is 0.339 e. The molecule has 0 radical (unpaired) electrons. The molecule has 0 atom stereocenters. The van der Waals surface area contributed by atoms with Crippen LogP contribution in [0.25, 0.3) is 0 Å². The van der Waals surface area contributed by atoms with E-state index in [1.165, 1.54) is 38.9 Å². The van der Waals surface area contributed by atoms with E-state index in [9.17, 15) is 23.3 Å². The number of hydrogen-bond acceptors (Lipinski definition) is 9. The summed E-state index contributed by atoms with van der Waals surface area (Å²) >= 11 is 1.20. The SMILES string of the molecule is C=CCn1nnnc1SCC(=O)N1CCN(S(=O)(=O)c2cccc([N+](=O)[O-])c2)CC1. The van der Waals surface area contributed by atoms with Crippen molar-refractivity contribution in [2.45, 2.75) is 16.6 Å². The van der Waals surface area contributed by atoms with E-state index >= 15 is 0 Å². The lowest BCUT2D eigenvalue weighted by atomic mass is 10.3. The van der Waals surface area contributed by atoms with Gasteiger partial charge in [0.1, 0.15) is 0 Å². The third-order valence-electron chi connectivity index (χ3n) is 4.38. The van der Waals surface area contributed by atoms with Gasteiger partial charge in [-0.3, -0.25) is 14.9 Å². The molecule has 1 fully saturated rings. The van der Waals surface area contributed by atoms with Crippen LogP contribution in [0.4, 0.5) is 5.69 Å². The number of benzene rings is 1. The van der Waals surface area contributed by atoms with Crippen LogP contribution < -0.4 is 0 Å². The number of amides is 1. The van der Waals surface area contributed by atoms with Crippen molar-refractivity contribution in [2.75, 3.05) is 31.9 Å². The van der Waals surface area contributed by atoms with Crippen LogP contribution in [0.1, 0.15) is 0 Å². The van der Waals surface area contributed by atoms with Crippen molar-refractivity contribution in [1.82, 2.24) is 29.4 Å². The van der Waals surface area contributed by atoms with Crippen molar-refractivity contribution in [3.8, 4) is 0 Å². The van der Waals surface area contributed by atoms with Crippen LogP contribution in [0.3, 0.4) is 0 Å². The van der Waals surface area contributed by atoms with Crippen molar-refractivity contribution in [1.29, 1.82) is 0 Å². The number of carbonyl (C=O) groups excluding carboxylic acids is 1. The average molecular weight is 454 g/mol. The first-order chi connectivity index (χ1) is 14.3. The minimum absolute atomic E-state index is 0.107. The lowest BCUT2D eigenvalue weighted by Gasteiger charge is -2.33. The number of carbonyl (C=O) groups is 1. The van der Waals surface area contributed by atoms with E-state index in [1.54, 1.807) is 11.0 Å². The Balaban J connectivity index is 1.58. The maximum Gasteiger partial charge on any atom is 0.270 e. The van der Waals surface area contributed by atoms with Crippen molar-refractivity contribution in [3.63, 3.8) is 0 Å². The normalized spacial score (nSPS) is 15.1. The number of piperazine rings is 1. The monoisotopic (exact) mass is 453 g/mol. The van der Waals surface area contributed by atoms with Crippen molar-refractivity contribution >= 4 is 33.4 Å². The zero-order chi connectivity index (χ0) is 21.7. The summed E-state index contributed by atoms with van der Waals surface area (Å²) in [4.78, 5) is 24.2. The average Bonchev–Trinajstić information content (AvgIpc) is 3.19. The van der Waals surface area contributed by atoms with Crippen LogP contribution >= 0.6 is 11.8 Å². The summed E-state index contributed by atoms with van der Waals surface area (Å²) in [6, 6.07) is 4.93. The number of non-ortho nitro benzene ring substituents is 1. The fraction of sp³-hybridized carbons (Fsp3) is 0.375. The Labute approximate surface area is 176 Å². The third-order valence-corrected chi connectivity index (χ3v) is 7.22.